The van der Waals surface area contributed by atoms with E-state index in [0.29, 0.717) is 0 Å². The molecule has 0 unspecified atom stereocenters. The van der Waals surface area contributed by atoms with Gasteiger partial charge in [-0.15, -0.1) is 0 Å². The molecule has 2 heterocycles. The second-order valence-electron chi connectivity index (χ2n) is 3.15. The normalized spacial score (nSPS) is 24.0. The lowest BCUT2D eigenvalue weighted by Gasteiger charge is -2.33. The van der Waals surface area contributed by atoms with Crippen LogP contribution in [0.4, 0.5) is 0 Å². The first-order valence-electron chi connectivity index (χ1n) is 4.60. The molecule has 3 N–H and O–H groups in total. The molecule has 0 aromatic rings. The summed E-state index contributed by atoms with van der Waals surface area (Å²) in [5.74, 6) is 1.25. The maximum atomic E-state index is 3.39. The van der Waals surface area contributed by atoms with Crippen molar-refractivity contribution in [1.29, 1.82) is 0 Å². The smallest absolute Gasteiger partial charge is 0.118 e. The molecule has 0 aromatic heterocycles. The Hall–Kier alpha value is -0.900. The molecule has 0 bridgehead atoms. The van der Waals surface area contributed by atoms with E-state index in [1.165, 1.54) is 5.82 Å². The van der Waals surface area contributed by atoms with Crippen LogP contribution in [0.3, 0.4) is 0 Å². The van der Waals surface area contributed by atoms with Gasteiger partial charge in [0.05, 0.1) is 0 Å². The van der Waals surface area contributed by atoms with Crippen molar-refractivity contribution in [2.45, 2.75) is 0 Å². The molecule has 0 amide bonds. The zero-order valence-corrected chi connectivity index (χ0v) is 7.27. The summed E-state index contributed by atoms with van der Waals surface area (Å²) in [6.07, 6.45) is 2.08. The standard InChI is InChI=1S/C8H16N4/c1-2-11-8(7-10-1)12-5-3-9-4-6-12/h7,9-11H,1-6H2. The van der Waals surface area contributed by atoms with Crippen LogP contribution in [0.25, 0.3) is 0 Å². The minimum absolute atomic E-state index is 1.04. The number of rotatable bonds is 1. The van der Waals surface area contributed by atoms with Gasteiger partial charge in [-0.1, -0.05) is 0 Å². The van der Waals surface area contributed by atoms with E-state index in [1.807, 2.05) is 0 Å². The van der Waals surface area contributed by atoms with Gasteiger partial charge in [0.2, 0.25) is 0 Å². The summed E-state index contributed by atoms with van der Waals surface area (Å²) in [5.41, 5.74) is 0. The topological polar surface area (TPSA) is 39.3 Å². The molecular weight excluding hydrogens is 152 g/mol. The highest BCUT2D eigenvalue weighted by Gasteiger charge is 2.13. The second-order valence-corrected chi connectivity index (χ2v) is 3.15. The van der Waals surface area contributed by atoms with Gasteiger partial charge >= 0.3 is 0 Å². The summed E-state index contributed by atoms with van der Waals surface area (Å²) < 4.78 is 0. The lowest BCUT2D eigenvalue weighted by atomic mass is 10.3. The van der Waals surface area contributed by atoms with Crippen molar-refractivity contribution in [3.8, 4) is 0 Å². The van der Waals surface area contributed by atoms with E-state index in [-0.39, 0.29) is 0 Å². The van der Waals surface area contributed by atoms with Crippen LogP contribution in [0.2, 0.25) is 0 Å². The summed E-state index contributed by atoms with van der Waals surface area (Å²) >= 11 is 0. The minimum Gasteiger partial charge on any atom is -0.386 e. The molecule has 1 saturated heterocycles. The highest BCUT2D eigenvalue weighted by atomic mass is 15.3. The van der Waals surface area contributed by atoms with Crippen molar-refractivity contribution in [3.05, 3.63) is 12.0 Å². The molecule has 2 aliphatic rings. The molecule has 0 spiro atoms. The molecule has 2 aliphatic heterocycles. The van der Waals surface area contributed by atoms with Crippen molar-refractivity contribution < 1.29 is 0 Å². The number of hydrogen-bond acceptors (Lipinski definition) is 4. The molecule has 0 atom stereocenters. The second kappa shape index (κ2) is 3.67. The first-order chi connectivity index (χ1) is 5.97. The molecule has 0 aromatic carbocycles. The summed E-state index contributed by atoms with van der Waals surface area (Å²) in [6.45, 7) is 6.49. The molecule has 0 aliphatic carbocycles. The number of hydrogen-bond donors (Lipinski definition) is 3. The summed E-state index contributed by atoms with van der Waals surface area (Å²) in [4.78, 5) is 2.38. The van der Waals surface area contributed by atoms with E-state index in [0.717, 1.165) is 39.3 Å². The van der Waals surface area contributed by atoms with Crippen molar-refractivity contribution in [2.24, 2.45) is 0 Å². The number of piperazine rings is 1. The fourth-order valence-corrected chi connectivity index (χ4v) is 1.59. The Morgan fingerprint density at radius 3 is 2.58 bits per heavy atom. The average Bonchev–Trinajstić information content (AvgIpc) is 2.21. The molecule has 68 valence electrons. The minimum atomic E-state index is 1.04. The third-order valence-corrected chi connectivity index (χ3v) is 2.27. The molecule has 1 fully saturated rings. The molecule has 2 rings (SSSR count). The monoisotopic (exact) mass is 168 g/mol. The van der Waals surface area contributed by atoms with Gasteiger partial charge in [0.25, 0.3) is 0 Å². The Morgan fingerprint density at radius 2 is 1.92 bits per heavy atom. The van der Waals surface area contributed by atoms with Crippen molar-refractivity contribution in [1.82, 2.24) is 20.9 Å². The predicted molar refractivity (Wildman–Crippen MR) is 48.5 cm³/mol. The zero-order valence-electron chi connectivity index (χ0n) is 7.27. The van der Waals surface area contributed by atoms with Crippen LogP contribution in [-0.4, -0.2) is 44.2 Å². The van der Waals surface area contributed by atoms with Crippen LogP contribution in [0.5, 0.6) is 0 Å². The van der Waals surface area contributed by atoms with E-state index in [2.05, 4.69) is 27.1 Å². The van der Waals surface area contributed by atoms with Gasteiger partial charge < -0.3 is 20.9 Å². The Balaban J connectivity index is 1.92. The zero-order chi connectivity index (χ0) is 8.23. The van der Waals surface area contributed by atoms with Gasteiger partial charge in [-0.2, -0.15) is 0 Å². The Labute approximate surface area is 73.0 Å². The van der Waals surface area contributed by atoms with Crippen LogP contribution < -0.4 is 16.0 Å². The van der Waals surface area contributed by atoms with Crippen LogP contribution >= 0.6 is 0 Å². The molecular formula is C8H16N4. The van der Waals surface area contributed by atoms with E-state index in [9.17, 15) is 0 Å². The quantitative estimate of drug-likeness (QED) is 0.464. The van der Waals surface area contributed by atoms with Gasteiger partial charge in [-0.3, -0.25) is 0 Å². The summed E-state index contributed by atoms with van der Waals surface area (Å²) in [6, 6.07) is 0. The van der Waals surface area contributed by atoms with Crippen molar-refractivity contribution in [2.75, 3.05) is 39.3 Å². The van der Waals surface area contributed by atoms with Gasteiger partial charge in [0.15, 0.2) is 0 Å². The molecule has 12 heavy (non-hydrogen) atoms. The van der Waals surface area contributed by atoms with Gasteiger partial charge in [0.1, 0.15) is 5.82 Å². The van der Waals surface area contributed by atoms with E-state index < -0.39 is 0 Å². The SMILES string of the molecule is C1=C(N2CCNCC2)NCCN1. The molecule has 0 radical (unpaired) electrons. The maximum absolute atomic E-state index is 3.39. The summed E-state index contributed by atoms with van der Waals surface area (Å²) in [7, 11) is 0. The third-order valence-electron chi connectivity index (χ3n) is 2.27. The predicted octanol–water partition coefficient (Wildman–Crippen LogP) is -1.12. The Kier molecular flexibility index (Phi) is 2.36. The number of nitrogens with one attached hydrogen (secondary N) is 3. The van der Waals surface area contributed by atoms with Crippen molar-refractivity contribution >= 4 is 0 Å². The lowest BCUT2D eigenvalue weighted by Crippen LogP contribution is -2.48. The largest absolute Gasteiger partial charge is 0.386 e. The van der Waals surface area contributed by atoms with Crippen molar-refractivity contribution in [3.63, 3.8) is 0 Å². The maximum Gasteiger partial charge on any atom is 0.118 e. The first-order valence-corrected chi connectivity index (χ1v) is 4.60. The molecule has 4 nitrogen and oxygen atoms in total. The highest BCUT2D eigenvalue weighted by Crippen LogP contribution is 2.02. The fraction of sp³-hybridized carbons (Fsp3) is 0.750. The van der Waals surface area contributed by atoms with Crippen LogP contribution in [-0.2, 0) is 0 Å². The first kappa shape index (κ1) is 7.73. The van der Waals surface area contributed by atoms with Gasteiger partial charge in [-0.25, -0.2) is 0 Å². The molecule has 0 saturated carbocycles. The van der Waals surface area contributed by atoms with Gasteiger partial charge in [-0.05, 0) is 0 Å². The van der Waals surface area contributed by atoms with Crippen LogP contribution in [0.1, 0.15) is 0 Å². The lowest BCUT2D eigenvalue weighted by molar-refractivity contribution is 0.274. The number of nitrogens with zero attached hydrogens (tertiary/aromatic N) is 1. The fourth-order valence-electron chi connectivity index (χ4n) is 1.59. The Morgan fingerprint density at radius 1 is 1.08 bits per heavy atom. The van der Waals surface area contributed by atoms with E-state index in [1.54, 1.807) is 0 Å². The summed E-state index contributed by atoms with van der Waals surface area (Å²) in [5, 5.41) is 9.97. The third kappa shape index (κ3) is 1.64. The Bertz CT molecular complexity index is 172. The van der Waals surface area contributed by atoms with Crippen LogP contribution in [0.15, 0.2) is 12.0 Å². The average molecular weight is 168 g/mol. The van der Waals surface area contributed by atoms with Crippen LogP contribution in [0, 0.1) is 0 Å². The molecule has 4 heteroatoms. The van der Waals surface area contributed by atoms with E-state index in [4.69, 9.17) is 0 Å². The highest BCUT2D eigenvalue weighted by molar-refractivity contribution is 5.02. The van der Waals surface area contributed by atoms with E-state index >= 15 is 0 Å². The van der Waals surface area contributed by atoms with Gasteiger partial charge in [0, 0.05) is 45.5 Å².